The van der Waals surface area contributed by atoms with Gasteiger partial charge < -0.3 is 5.32 Å². The first-order valence-electron chi connectivity index (χ1n) is 4.47. The minimum Gasteiger partial charge on any atom is -0.345 e. The number of rotatable bonds is 2. The summed E-state index contributed by atoms with van der Waals surface area (Å²) in [5.41, 5.74) is 0. The zero-order chi connectivity index (χ0) is 11.8. The van der Waals surface area contributed by atoms with Crippen molar-refractivity contribution in [2.75, 3.05) is 11.9 Å². The molecule has 0 saturated carbocycles. The van der Waals surface area contributed by atoms with E-state index in [1.807, 2.05) is 0 Å². The largest absolute Gasteiger partial charge is 0.345 e. The maximum absolute atomic E-state index is 11.3. The van der Waals surface area contributed by atoms with Crippen molar-refractivity contribution in [3.63, 3.8) is 0 Å². The van der Waals surface area contributed by atoms with E-state index in [4.69, 9.17) is 11.8 Å². The molecule has 0 radical (unpaired) electrons. The van der Waals surface area contributed by atoms with Gasteiger partial charge in [-0.15, -0.1) is 6.42 Å². The van der Waals surface area contributed by atoms with Crippen molar-refractivity contribution in [3.8, 4) is 12.3 Å². The average molecular weight is 217 g/mol. The van der Waals surface area contributed by atoms with E-state index >= 15 is 0 Å². The molecular weight excluding hydrogens is 206 g/mol. The van der Waals surface area contributed by atoms with Crippen LogP contribution in [-0.4, -0.2) is 23.5 Å². The molecule has 16 heavy (non-hydrogen) atoms. The highest BCUT2D eigenvalue weighted by Crippen LogP contribution is 1.98. The molecule has 0 aromatic carbocycles. The van der Waals surface area contributed by atoms with Crippen LogP contribution in [0.25, 0.3) is 0 Å². The first-order valence-corrected chi connectivity index (χ1v) is 4.47. The van der Waals surface area contributed by atoms with Crippen LogP contribution < -0.4 is 16.0 Å². The number of terminal acetylenes is 1. The molecule has 4 N–H and O–H groups in total. The minimum atomic E-state index is -0.548. The summed E-state index contributed by atoms with van der Waals surface area (Å²) < 4.78 is 0. The first-order chi connectivity index (χ1) is 7.72. The summed E-state index contributed by atoms with van der Waals surface area (Å²) in [7, 11) is 0. The Morgan fingerprint density at radius 2 is 2.38 bits per heavy atom. The molecule has 1 aromatic heterocycles. The molecule has 2 amide bonds. The number of carbonyl (C=O) groups excluding carboxylic acids is 1. The highest BCUT2D eigenvalue weighted by Gasteiger charge is 2.03. The molecule has 6 nitrogen and oxygen atoms in total. The highest BCUT2D eigenvalue weighted by atomic mass is 16.2. The van der Waals surface area contributed by atoms with Crippen LogP contribution in [0.2, 0.25) is 0 Å². The molecule has 0 spiro atoms. The second kappa shape index (κ2) is 6.03. The Balaban J connectivity index is 2.37. The fourth-order valence-corrected chi connectivity index (χ4v) is 0.881. The van der Waals surface area contributed by atoms with Gasteiger partial charge in [-0.1, -0.05) is 12.0 Å². The van der Waals surface area contributed by atoms with Crippen LogP contribution >= 0.6 is 0 Å². The smallest absolute Gasteiger partial charge is 0.327 e. The standard InChI is InChI=1S/C10H11N5O/c1-2-6-13-9(11)15-10(16)14-8-5-3-4-7-12-8/h1,3-5,7H,6H2,(H4,11,12,13,14,15,16). The molecule has 0 unspecified atom stereocenters. The maximum Gasteiger partial charge on any atom is 0.327 e. The third-order valence-corrected chi connectivity index (χ3v) is 1.51. The predicted molar refractivity (Wildman–Crippen MR) is 61.0 cm³/mol. The normalized spacial score (nSPS) is 8.69. The molecular formula is C10H11N5O. The van der Waals surface area contributed by atoms with E-state index in [1.165, 1.54) is 0 Å². The number of hydrogen-bond donors (Lipinski definition) is 4. The van der Waals surface area contributed by atoms with Crippen LogP contribution in [0.4, 0.5) is 10.6 Å². The molecule has 0 fully saturated rings. The zero-order valence-electron chi connectivity index (χ0n) is 8.45. The number of amides is 2. The Bertz CT molecular complexity index is 409. The van der Waals surface area contributed by atoms with Gasteiger partial charge in [-0.05, 0) is 12.1 Å². The van der Waals surface area contributed by atoms with Crippen LogP contribution in [0.15, 0.2) is 24.4 Å². The van der Waals surface area contributed by atoms with Gasteiger partial charge in [0.1, 0.15) is 5.82 Å². The number of carbonyl (C=O) groups is 1. The van der Waals surface area contributed by atoms with Gasteiger partial charge >= 0.3 is 6.03 Å². The van der Waals surface area contributed by atoms with E-state index in [9.17, 15) is 4.79 Å². The average Bonchev–Trinajstić information content (AvgIpc) is 2.27. The first kappa shape index (κ1) is 11.5. The number of guanidine groups is 1. The number of nitrogens with one attached hydrogen (secondary N) is 4. The van der Waals surface area contributed by atoms with Crippen molar-refractivity contribution in [2.24, 2.45) is 0 Å². The van der Waals surface area contributed by atoms with Crippen molar-refractivity contribution >= 4 is 17.8 Å². The lowest BCUT2D eigenvalue weighted by Crippen LogP contribution is -2.42. The lowest BCUT2D eigenvalue weighted by atomic mass is 10.5. The maximum atomic E-state index is 11.3. The summed E-state index contributed by atoms with van der Waals surface area (Å²) in [6, 6.07) is 4.57. The van der Waals surface area contributed by atoms with Crippen molar-refractivity contribution < 1.29 is 4.79 Å². The van der Waals surface area contributed by atoms with Crippen LogP contribution in [-0.2, 0) is 0 Å². The van der Waals surface area contributed by atoms with E-state index in [0.717, 1.165) is 0 Å². The van der Waals surface area contributed by atoms with E-state index in [-0.39, 0.29) is 12.5 Å². The molecule has 0 bridgehead atoms. The number of hydrogen-bond acceptors (Lipinski definition) is 3. The molecule has 0 aliphatic rings. The lowest BCUT2D eigenvalue weighted by Gasteiger charge is -2.07. The van der Waals surface area contributed by atoms with Crippen molar-refractivity contribution in [1.82, 2.24) is 15.6 Å². The SMILES string of the molecule is C#CCNC(=N)NC(=O)Nc1ccccn1. The Hall–Kier alpha value is -2.55. The van der Waals surface area contributed by atoms with Gasteiger partial charge in [0.15, 0.2) is 5.96 Å². The Morgan fingerprint density at radius 1 is 1.56 bits per heavy atom. The number of aromatic nitrogens is 1. The molecule has 1 rings (SSSR count). The Kier molecular flexibility index (Phi) is 4.34. The zero-order valence-corrected chi connectivity index (χ0v) is 8.45. The lowest BCUT2D eigenvalue weighted by molar-refractivity contribution is 0.255. The van der Waals surface area contributed by atoms with Gasteiger partial charge in [-0.3, -0.25) is 16.0 Å². The topological polar surface area (TPSA) is 89.9 Å². The summed E-state index contributed by atoms with van der Waals surface area (Å²) in [5, 5.41) is 14.5. The Morgan fingerprint density at radius 3 is 3.00 bits per heavy atom. The molecule has 0 aliphatic carbocycles. The van der Waals surface area contributed by atoms with Crippen LogP contribution in [0.3, 0.4) is 0 Å². The van der Waals surface area contributed by atoms with E-state index in [1.54, 1.807) is 24.4 Å². The van der Waals surface area contributed by atoms with Crippen LogP contribution in [0.5, 0.6) is 0 Å². The monoisotopic (exact) mass is 217 g/mol. The van der Waals surface area contributed by atoms with Gasteiger partial charge in [0.25, 0.3) is 0 Å². The van der Waals surface area contributed by atoms with Crippen molar-refractivity contribution in [1.29, 1.82) is 5.41 Å². The van der Waals surface area contributed by atoms with Crippen molar-refractivity contribution in [3.05, 3.63) is 24.4 Å². The molecule has 0 atom stereocenters. The van der Waals surface area contributed by atoms with Gasteiger partial charge in [0, 0.05) is 6.20 Å². The number of anilines is 1. The third-order valence-electron chi connectivity index (χ3n) is 1.51. The molecule has 0 saturated heterocycles. The second-order valence-corrected chi connectivity index (χ2v) is 2.73. The highest BCUT2D eigenvalue weighted by molar-refractivity contribution is 6.00. The van der Waals surface area contributed by atoms with Gasteiger partial charge in [0.2, 0.25) is 0 Å². The molecule has 1 aromatic rings. The quantitative estimate of drug-likeness (QED) is 0.327. The summed E-state index contributed by atoms with van der Waals surface area (Å²) in [4.78, 5) is 15.2. The minimum absolute atomic E-state index is 0.161. The number of nitrogens with zero attached hydrogens (tertiary/aromatic N) is 1. The molecule has 0 aliphatic heterocycles. The van der Waals surface area contributed by atoms with Gasteiger partial charge in [0.05, 0.1) is 6.54 Å². The predicted octanol–water partition coefficient (Wildman–Crippen LogP) is 0.361. The molecule has 6 heteroatoms. The summed E-state index contributed by atoms with van der Waals surface area (Å²) in [6.45, 7) is 0.183. The van der Waals surface area contributed by atoms with Crippen LogP contribution in [0, 0.1) is 17.8 Å². The van der Waals surface area contributed by atoms with E-state index in [2.05, 4.69) is 26.9 Å². The number of pyridine rings is 1. The van der Waals surface area contributed by atoms with Crippen LogP contribution in [0.1, 0.15) is 0 Å². The molecule has 1 heterocycles. The number of urea groups is 1. The fourth-order valence-electron chi connectivity index (χ4n) is 0.881. The summed E-state index contributed by atoms with van der Waals surface area (Å²) >= 11 is 0. The second-order valence-electron chi connectivity index (χ2n) is 2.73. The molecule has 82 valence electrons. The van der Waals surface area contributed by atoms with Gasteiger partial charge in [-0.25, -0.2) is 9.78 Å². The Labute approximate surface area is 93.0 Å². The third kappa shape index (κ3) is 4.11. The summed E-state index contributed by atoms with van der Waals surface area (Å²) in [6.07, 6.45) is 6.54. The van der Waals surface area contributed by atoms with E-state index < -0.39 is 6.03 Å². The van der Waals surface area contributed by atoms with Gasteiger partial charge in [-0.2, -0.15) is 0 Å². The fraction of sp³-hybridized carbons (Fsp3) is 0.100. The summed E-state index contributed by atoms with van der Waals surface area (Å²) in [5.74, 6) is 2.53. The van der Waals surface area contributed by atoms with Crippen molar-refractivity contribution in [2.45, 2.75) is 0 Å². The van der Waals surface area contributed by atoms with E-state index in [0.29, 0.717) is 5.82 Å².